The number of imide groups is 2. The van der Waals surface area contributed by atoms with E-state index in [-0.39, 0.29) is 12.2 Å². The predicted molar refractivity (Wildman–Crippen MR) is 142 cm³/mol. The number of rotatable bonds is 7. The summed E-state index contributed by atoms with van der Waals surface area (Å²) in [5.41, 5.74) is 1.45. The van der Waals surface area contributed by atoms with Gasteiger partial charge in [-0.2, -0.15) is 0 Å². The summed E-state index contributed by atoms with van der Waals surface area (Å²) >= 11 is 15.6. The number of anilines is 1. The zero-order chi connectivity index (χ0) is 25.8. The van der Waals surface area contributed by atoms with Crippen LogP contribution in [-0.4, -0.2) is 24.5 Å². The van der Waals surface area contributed by atoms with Gasteiger partial charge in [0.1, 0.15) is 12.2 Å². The first-order valence-corrected chi connectivity index (χ1v) is 12.3. The van der Waals surface area contributed by atoms with E-state index in [9.17, 15) is 14.4 Å². The van der Waals surface area contributed by atoms with Crippen molar-refractivity contribution in [2.75, 3.05) is 11.5 Å². The van der Waals surface area contributed by atoms with Gasteiger partial charge in [0.25, 0.3) is 11.8 Å². The van der Waals surface area contributed by atoms with Crippen LogP contribution < -0.4 is 19.7 Å². The molecule has 7 nitrogen and oxygen atoms in total. The van der Waals surface area contributed by atoms with Gasteiger partial charge in [0.15, 0.2) is 11.5 Å². The van der Waals surface area contributed by atoms with Crippen molar-refractivity contribution >= 4 is 68.7 Å². The zero-order valence-electron chi connectivity index (χ0n) is 18.9. The van der Waals surface area contributed by atoms with E-state index >= 15 is 0 Å². The fourth-order valence-electron chi connectivity index (χ4n) is 3.49. The predicted octanol–water partition coefficient (Wildman–Crippen LogP) is 6.40. The second kappa shape index (κ2) is 11.2. The number of amides is 4. The lowest BCUT2D eigenvalue weighted by molar-refractivity contribution is -0.122. The Bertz CT molecular complexity index is 1380. The molecule has 0 unspecified atom stereocenters. The molecule has 1 aliphatic heterocycles. The van der Waals surface area contributed by atoms with E-state index in [1.165, 1.54) is 6.08 Å². The van der Waals surface area contributed by atoms with Crippen LogP contribution in [0.2, 0.25) is 10.0 Å². The third-order valence-electron chi connectivity index (χ3n) is 5.13. The second-order valence-corrected chi connectivity index (χ2v) is 9.26. The minimum Gasteiger partial charge on any atom is -0.490 e. The number of halogens is 3. The molecule has 1 fully saturated rings. The minimum absolute atomic E-state index is 0.197. The maximum absolute atomic E-state index is 13.1. The maximum atomic E-state index is 13.1. The first-order chi connectivity index (χ1) is 17.3. The summed E-state index contributed by atoms with van der Waals surface area (Å²) in [6.07, 6.45) is 1.40. The van der Waals surface area contributed by atoms with E-state index in [4.69, 9.17) is 32.7 Å². The first kappa shape index (κ1) is 25.8. The molecule has 3 aromatic rings. The van der Waals surface area contributed by atoms with Gasteiger partial charge in [0, 0.05) is 0 Å². The summed E-state index contributed by atoms with van der Waals surface area (Å²) in [6, 6.07) is 16.1. The Balaban J connectivity index is 1.65. The molecule has 0 radical (unpaired) electrons. The number of carbonyl (C=O) groups excluding carboxylic acids is 3. The number of barbiturate groups is 1. The summed E-state index contributed by atoms with van der Waals surface area (Å²) in [7, 11) is 0. The monoisotopic (exact) mass is 588 g/mol. The van der Waals surface area contributed by atoms with Crippen LogP contribution in [-0.2, 0) is 16.2 Å². The van der Waals surface area contributed by atoms with Gasteiger partial charge in [0.05, 0.1) is 26.8 Å². The van der Waals surface area contributed by atoms with Crippen molar-refractivity contribution in [2.45, 2.75) is 13.5 Å². The molecule has 4 rings (SSSR count). The average Bonchev–Trinajstić information content (AvgIpc) is 2.84. The van der Waals surface area contributed by atoms with Gasteiger partial charge in [-0.05, 0) is 76.5 Å². The van der Waals surface area contributed by atoms with Crippen LogP contribution in [0.3, 0.4) is 0 Å². The molecule has 184 valence electrons. The molecule has 4 amide bonds. The lowest BCUT2D eigenvalue weighted by Gasteiger charge is -2.26. The Labute approximate surface area is 225 Å². The fraction of sp³-hybridized carbons (Fsp3) is 0.115. The molecule has 1 N–H and O–H groups in total. The van der Waals surface area contributed by atoms with Crippen LogP contribution in [0.25, 0.3) is 6.08 Å². The van der Waals surface area contributed by atoms with Crippen molar-refractivity contribution in [3.8, 4) is 11.5 Å². The van der Waals surface area contributed by atoms with E-state index in [0.717, 1.165) is 10.5 Å². The van der Waals surface area contributed by atoms with Gasteiger partial charge in [0.2, 0.25) is 0 Å². The van der Waals surface area contributed by atoms with Gasteiger partial charge in [-0.1, -0.05) is 47.5 Å². The summed E-state index contributed by atoms with van der Waals surface area (Å²) in [6.45, 7) is 2.37. The molecule has 1 aliphatic rings. The Morgan fingerprint density at radius 2 is 1.72 bits per heavy atom. The molecule has 0 saturated carbocycles. The molecule has 0 aliphatic carbocycles. The molecule has 1 heterocycles. The van der Waals surface area contributed by atoms with Crippen LogP contribution in [0.4, 0.5) is 10.5 Å². The second-order valence-electron chi connectivity index (χ2n) is 7.59. The number of carbonyl (C=O) groups is 3. The summed E-state index contributed by atoms with van der Waals surface area (Å²) in [5, 5.41) is 3.08. The first-order valence-electron chi connectivity index (χ1n) is 10.8. The summed E-state index contributed by atoms with van der Waals surface area (Å²) in [4.78, 5) is 38.9. The number of urea groups is 1. The Hall–Kier alpha value is -3.33. The number of para-hydroxylation sites is 1. The van der Waals surface area contributed by atoms with Crippen LogP contribution in [0, 0.1) is 0 Å². The van der Waals surface area contributed by atoms with E-state index in [2.05, 4.69) is 21.2 Å². The molecule has 36 heavy (non-hydrogen) atoms. The van der Waals surface area contributed by atoms with Gasteiger partial charge in [-0.15, -0.1) is 0 Å². The van der Waals surface area contributed by atoms with Crippen molar-refractivity contribution in [2.24, 2.45) is 0 Å². The van der Waals surface area contributed by atoms with Crippen LogP contribution >= 0.6 is 39.1 Å². The van der Waals surface area contributed by atoms with E-state index in [0.29, 0.717) is 43.9 Å². The number of hydrogen-bond donors (Lipinski definition) is 1. The van der Waals surface area contributed by atoms with Gasteiger partial charge in [-0.25, -0.2) is 9.69 Å². The average molecular weight is 590 g/mol. The van der Waals surface area contributed by atoms with Gasteiger partial charge in [-0.3, -0.25) is 14.9 Å². The molecule has 0 bridgehead atoms. The molecular formula is C26H19BrCl2N2O5. The number of nitrogens with zero attached hydrogens (tertiary/aromatic N) is 1. The molecule has 0 spiro atoms. The lowest BCUT2D eigenvalue weighted by atomic mass is 10.1. The largest absolute Gasteiger partial charge is 0.490 e. The highest BCUT2D eigenvalue weighted by molar-refractivity contribution is 9.10. The van der Waals surface area contributed by atoms with Crippen LogP contribution in [0.5, 0.6) is 11.5 Å². The summed E-state index contributed by atoms with van der Waals surface area (Å²) < 4.78 is 12.3. The van der Waals surface area contributed by atoms with E-state index in [1.807, 2.05) is 6.92 Å². The highest BCUT2D eigenvalue weighted by Gasteiger charge is 2.36. The van der Waals surface area contributed by atoms with Crippen molar-refractivity contribution in [1.29, 1.82) is 0 Å². The normalized spacial score (nSPS) is 14.7. The SMILES string of the molecule is CCOc1cc(/C=C2\C(=O)NC(=O)N(c3ccccc3)C2=O)cc(Br)c1OCc1ccc(Cl)c(Cl)c1. The smallest absolute Gasteiger partial charge is 0.335 e. The zero-order valence-corrected chi connectivity index (χ0v) is 22.0. The third kappa shape index (κ3) is 5.56. The number of benzene rings is 3. The molecule has 0 aromatic heterocycles. The highest BCUT2D eigenvalue weighted by atomic mass is 79.9. The molecule has 10 heteroatoms. The molecular weight excluding hydrogens is 571 g/mol. The third-order valence-corrected chi connectivity index (χ3v) is 6.45. The quantitative estimate of drug-likeness (QED) is 0.255. The minimum atomic E-state index is -0.810. The number of nitrogens with one attached hydrogen (secondary N) is 1. The molecule has 3 aromatic carbocycles. The highest BCUT2D eigenvalue weighted by Crippen LogP contribution is 2.38. The van der Waals surface area contributed by atoms with Crippen molar-refractivity contribution in [3.63, 3.8) is 0 Å². The van der Waals surface area contributed by atoms with E-state index < -0.39 is 17.8 Å². The van der Waals surface area contributed by atoms with Gasteiger partial charge < -0.3 is 9.47 Å². The van der Waals surface area contributed by atoms with E-state index in [1.54, 1.807) is 60.7 Å². The molecule has 1 saturated heterocycles. The Morgan fingerprint density at radius 3 is 2.42 bits per heavy atom. The number of ether oxygens (including phenoxy) is 2. The van der Waals surface area contributed by atoms with Crippen molar-refractivity contribution in [1.82, 2.24) is 5.32 Å². The fourth-order valence-corrected chi connectivity index (χ4v) is 4.39. The van der Waals surface area contributed by atoms with Crippen LogP contribution in [0.1, 0.15) is 18.1 Å². The topological polar surface area (TPSA) is 84.9 Å². The summed E-state index contributed by atoms with van der Waals surface area (Å²) in [5.74, 6) is -0.681. The standard InChI is InChI=1S/C26H19BrCl2N2O5/c1-2-35-22-13-16(11-19(27)23(22)36-14-15-8-9-20(28)21(29)12-15)10-18-24(32)30-26(34)31(25(18)33)17-6-4-3-5-7-17/h3-13H,2,14H2,1H3,(H,30,32,34)/b18-10+. The Morgan fingerprint density at radius 1 is 0.972 bits per heavy atom. The molecule has 0 atom stereocenters. The van der Waals surface area contributed by atoms with Gasteiger partial charge >= 0.3 is 6.03 Å². The van der Waals surface area contributed by atoms with Crippen molar-refractivity contribution in [3.05, 3.63) is 91.9 Å². The Kier molecular flexibility index (Phi) is 7.98. The van der Waals surface area contributed by atoms with Crippen LogP contribution in [0.15, 0.2) is 70.7 Å². The van der Waals surface area contributed by atoms with Crippen molar-refractivity contribution < 1.29 is 23.9 Å². The number of hydrogen-bond acceptors (Lipinski definition) is 5. The maximum Gasteiger partial charge on any atom is 0.335 e. The lowest BCUT2D eigenvalue weighted by Crippen LogP contribution is -2.54.